The number of carboxylic acid groups (broad SMARTS) is 1. The highest BCUT2D eigenvalue weighted by molar-refractivity contribution is 6.61. The molecule has 8 aliphatic rings. The van der Waals surface area contributed by atoms with Crippen LogP contribution in [0.4, 0.5) is 14.4 Å². The number of piperazine rings is 2. The number of likely N-dealkylation sites (N-methyl/N-ethyl adjacent to an activating group) is 2. The van der Waals surface area contributed by atoms with Crippen molar-refractivity contribution in [1.29, 1.82) is 10.5 Å². The molecule has 2 fully saturated rings. The molecule has 8 aliphatic heterocycles. The number of aryl methyl sites for hydroxylation is 2. The number of halogens is 1. The number of methoxy groups -OCH3 is 2. The van der Waals surface area contributed by atoms with Crippen molar-refractivity contribution in [3.63, 3.8) is 0 Å². The number of nitriles is 2. The molecule has 12 rings (SSSR count). The van der Waals surface area contributed by atoms with E-state index in [0.717, 1.165) is 67.1 Å². The van der Waals surface area contributed by atoms with Crippen LogP contribution in [0.25, 0.3) is 0 Å². The van der Waals surface area contributed by atoms with Gasteiger partial charge in [-0.2, -0.15) is 10.5 Å². The normalized spacial score (nSPS) is 23.1. The van der Waals surface area contributed by atoms with Gasteiger partial charge in [-0.05, 0) is 115 Å². The van der Waals surface area contributed by atoms with Gasteiger partial charge in [0.15, 0.2) is 36.6 Å². The number of hydrogen-bond donors (Lipinski definition) is 3. The summed E-state index contributed by atoms with van der Waals surface area (Å²) in [5.74, 6) is 3.24. The summed E-state index contributed by atoms with van der Waals surface area (Å²) in [4.78, 5) is 69.7. The van der Waals surface area contributed by atoms with Crippen LogP contribution in [0.15, 0.2) is 37.4 Å². The largest absolute Gasteiger partial charge is 0.514 e. The highest BCUT2D eigenvalue weighted by Gasteiger charge is 2.59. The van der Waals surface area contributed by atoms with E-state index in [-0.39, 0.29) is 119 Å². The van der Waals surface area contributed by atoms with Crippen LogP contribution >= 0.6 is 11.6 Å². The van der Waals surface area contributed by atoms with Crippen LogP contribution in [-0.4, -0.2) is 172 Å². The number of carbonyl (C=O) groups is 5. The van der Waals surface area contributed by atoms with Gasteiger partial charge in [-0.25, -0.2) is 14.4 Å². The van der Waals surface area contributed by atoms with Crippen molar-refractivity contribution in [2.45, 2.75) is 155 Å². The van der Waals surface area contributed by atoms with Crippen LogP contribution in [0.1, 0.15) is 130 Å². The van der Waals surface area contributed by atoms with E-state index >= 15 is 0 Å². The van der Waals surface area contributed by atoms with Gasteiger partial charge in [0.05, 0.1) is 36.3 Å². The van der Waals surface area contributed by atoms with Gasteiger partial charge in [-0.3, -0.25) is 29.2 Å². The summed E-state index contributed by atoms with van der Waals surface area (Å²) >= 11 is 4.75. The van der Waals surface area contributed by atoms with Gasteiger partial charge in [0.1, 0.15) is 48.3 Å². The summed E-state index contributed by atoms with van der Waals surface area (Å²) < 4.78 is 68.1. The van der Waals surface area contributed by atoms with E-state index in [1.165, 1.54) is 12.2 Å². The van der Waals surface area contributed by atoms with Gasteiger partial charge in [-0.15, -0.1) is 0 Å². The molecule has 2 unspecified atom stereocenters. The van der Waals surface area contributed by atoms with E-state index in [1.54, 1.807) is 21.1 Å². The van der Waals surface area contributed by atoms with E-state index < -0.39 is 41.9 Å². The average Bonchev–Trinajstić information content (AvgIpc) is 0.890. The molecule has 0 saturated carbocycles. The molecular formula is C73H89ClN8O18. The number of nitrogens with zero attached hydrogens (tertiary/aromatic N) is 6. The third-order valence-electron chi connectivity index (χ3n) is 20.5. The molecule has 4 aromatic carbocycles. The highest BCUT2D eigenvalue weighted by atomic mass is 35.5. The Morgan fingerprint density at radius 2 is 1.00 bits per heavy atom. The Morgan fingerprint density at radius 1 is 0.600 bits per heavy atom. The molecule has 4 aromatic rings. The molecule has 0 aliphatic carbocycles. The number of rotatable bonds is 18. The number of ether oxygens (including phenoxy) is 12. The minimum atomic E-state index is -1.44. The van der Waals surface area contributed by atoms with Crippen LogP contribution in [0.2, 0.25) is 0 Å². The lowest BCUT2D eigenvalue weighted by Gasteiger charge is -2.60. The fraction of sp³-hybridized carbons (Fsp3) is 0.521. The molecule has 100 heavy (non-hydrogen) atoms. The molecule has 27 heteroatoms. The summed E-state index contributed by atoms with van der Waals surface area (Å²) in [6.45, 7) is 26.7. The predicted octanol–water partition coefficient (Wildman–Crippen LogP) is 10.0. The Bertz CT molecular complexity index is 3980. The summed E-state index contributed by atoms with van der Waals surface area (Å²) in [5, 5.41) is 37.7. The summed E-state index contributed by atoms with van der Waals surface area (Å²) in [7, 11) is 7.29. The standard InChI is InChI=1S/C36H44N4O8.C33H40N4O8.C4H5ClO2/c1-9-10-44-36(42)48-31-21(6)33-34(47-17-46-33)29-23(31)13-25-30-28-22(11-19(4)20(5)32(28)45-16-43-8)12-24(39(30)7)26(14-37)40(25)27(29)15-38-35(41)18(2)3;1-15(2)32(38)35-12-24-26-20(28(45-33(39)40)18(5)30-31(26)44-14-43-30)10-22-27-25-19(8-16(3)17(4)29(25)42-13-41-7)9-21(36(27)6)23(11-34)37(22)24;1-2-3-7-4(5)6/h9,11,18,24-27,30H,1,10,12-13,15-17H2,2-8H3,(H,38,41);8,15,21-24,27H,9-10,12-14H2,1-7H3,(H,35,38)(H,39,40);2H,1,3H2/t24-,25?,26-,27-,30-;21-,22?,23-,24-,27-;/m00./s1. The zero-order valence-corrected chi connectivity index (χ0v) is 59.8. The number of nitrogens with one attached hydrogen (secondary N) is 2. The second-order valence-electron chi connectivity index (χ2n) is 26.7. The van der Waals surface area contributed by atoms with Crippen LogP contribution in [0.3, 0.4) is 0 Å². The fourth-order valence-corrected chi connectivity index (χ4v) is 15.9. The molecule has 0 spiro atoms. The lowest BCUT2D eigenvalue weighted by atomic mass is 9.71. The van der Waals surface area contributed by atoms with Crippen molar-refractivity contribution in [2.75, 3.05) is 81.8 Å². The van der Waals surface area contributed by atoms with Crippen LogP contribution in [0, 0.1) is 76.0 Å². The first-order valence-corrected chi connectivity index (χ1v) is 33.7. The van der Waals surface area contributed by atoms with Crippen molar-refractivity contribution < 1.29 is 85.9 Å². The van der Waals surface area contributed by atoms with E-state index in [2.05, 4.69) is 100 Å². The van der Waals surface area contributed by atoms with Crippen LogP contribution < -0.4 is 48.5 Å². The van der Waals surface area contributed by atoms with Crippen molar-refractivity contribution in [1.82, 2.24) is 30.2 Å². The molecule has 10 atom stereocenters. The molecular weight excluding hydrogens is 1310 g/mol. The summed E-state index contributed by atoms with van der Waals surface area (Å²) in [6.07, 6.45) is 2.64. The highest BCUT2D eigenvalue weighted by Crippen LogP contribution is 2.61. The molecule has 26 nitrogen and oxygen atoms in total. The molecule has 3 N–H and O–H groups in total. The minimum absolute atomic E-state index is 0.0106. The third-order valence-corrected chi connectivity index (χ3v) is 20.6. The van der Waals surface area contributed by atoms with Crippen molar-refractivity contribution in [3.05, 3.63) is 115 Å². The van der Waals surface area contributed by atoms with E-state index in [9.17, 15) is 39.6 Å². The number of hydrogen-bond acceptors (Lipinski definition) is 23. The monoisotopic (exact) mass is 1400 g/mol. The number of benzene rings is 4. The molecule has 4 bridgehead atoms. The summed E-state index contributed by atoms with van der Waals surface area (Å²) in [5.41, 5.74) is 11.8. The first-order valence-electron chi connectivity index (χ1n) is 33.3. The SMILES string of the molecule is C=CCOC(=O)Cl.C=CCOC(=O)Oc1c(C)c2c(c3c1CC1[C@H]4c5c(cc(C)c(C)c5OCOC)C[C@@H]([C@H](C#N)N1[C@H]3CNC(=O)C(C)C)N4C)OCO2.COCOc1c(C)c(C)cc2c1[C@@H]1C3Cc4c(OC(=O)O)c(C)c5c(c4[C@H](CNC(=O)C(C)C)N3[C@@H](C#N)[C@H](C2)N1C)OCO5. The van der Waals surface area contributed by atoms with Gasteiger partial charge in [0.25, 0.3) is 0 Å². The molecule has 0 aromatic heterocycles. The predicted molar refractivity (Wildman–Crippen MR) is 364 cm³/mol. The molecule has 2 amide bonds. The van der Waals surface area contributed by atoms with Crippen molar-refractivity contribution >= 4 is 41.2 Å². The molecule has 0 radical (unpaired) electrons. The van der Waals surface area contributed by atoms with E-state index in [1.807, 2.05) is 48.6 Å². The first-order chi connectivity index (χ1) is 47.8. The lowest BCUT2D eigenvalue weighted by Crippen LogP contribution is -2.68. The Hall–Kier alpha value is -8.86. The first kappa shape index (κ1) is 73.8. The number of amides is 2. The van der Waals surface area contributed by atoms with Gasteiger partial charge >= 0.3 is 17.7 Å². The van der Waals surface area contributed by atoms with Gasteiger partial charge < -0.3 is 72.6 Å². The maximum Gasteiger partial charge on any atom is 0.514 e. The van der Waals surface area contributed by atoms with Crippen molar-refractivity contribution in [3.8, 4) is 58.1 Å². The Kier molecular flexibility index (Phi) is 22.9. The summed E-state index contributed by atoms with van der Waals surface area (Å²) in [6, 6.07) is 6.19. The van der Waals surface area contributed by atoms with Crippen molar-refractivity contribution in [2.24, 2.45) is 11.8 Å². The quantitative estimate of drug-likeness (QED) is 0.0274. The minimum Gasteiger partial charge on any atom is -0.467 e. The zero-order chi connectivity index (χ0) is 72.5. The smallest absolute Gasteiger partial charge is 0.467 e. The maximum absolute atomic E-state index is 13.1. The molecule has 536 valence electrons. The van der Waals surface area contributed by atoms with Crippen LogP contribution in [-0.2, 0) is 54.2 Å². The Morgan fingerprint density at radius 3 is 1.36 bits per heavy atom. The van der Waals surface area contributed by atoms with Crippen LogP contribution in [0.5, 0.6) is 46.0 Å². The molecule has 2 saturated heterocycles. The average molecular weight is 1400 g/mol. The fourth-order valence-electron chi connectivity index (χ4n) is 15.9. The van der Waals surface area contributed by atoms with Gasteiger partial charge in [0.2, 0.25) is 25.4 Å². The zero-order valence-electron chi connectivity index (χ0n) is 59.1. The number of fused-ring (bicyclic) bond motifs is 18. The Balaban J connectivity index is 0.000000197. The van der Waals surface area contributed by atoms with E-state index in [4.69, 9.17) is 63.7 Å². The number of carbonyl (C=O) groups excluding carboxylic acids is 4. The second kappa shape index (κ2) is 30.9. The van der Waals surface area contributed by atoms with Gasteiger partial charge in [-0.1, -0.05) is 65.1 Å². The third kappa shape index (κ3) is 13.7. The lowest BCUT2D eigenvalue weighted by molar-refractivity contribution is -0.125. The Labute approximate surface area is 587 Å². The van der Waals surface area contributed by atoms with E-state index in [0.29, 0.717) is 76.7 Å². The topological polar surface area (TPSA) is 301 Å². The maximum atomic E-state index is 13.1. The molecule has 8 heterocycles. The van der Waals surface area contributed by atoms with Gasteiger partial charge in [0, 0.05) is 119 Å². The second-order valence-corrected chi connectivity index (χ2v) is 27.0.